The monoisotopic (exact) mass is 298 g/mol. The summed E-state index contributed by atoms with van der Waals surface area (Å²) in [5.74, 6) is 0. The van der Waals surface area contributed by atoms with Crippen LogP contribution in [0.4, 0.5) is 0 Å². The van der Waals surface area contributed by atoms with Gasteiger partial charge in [0.15, 0.2) is 0 Å². The van der Waals surface area contributed by atoms with Crippen LogP contribution >= 0.6 is 11.3 Å². The van der Waals surface area contributed by atoms with E-state index in [2.05, 4.69) is 35.4 Å². The van der Waals surface area contributed by atoms with Crippen LogP contribution in [0.25, 0.3) is 5.69 Å². The molecule has 4 nitrogen and oxygen atoms in total. The Morgan fingerprint density at radius 2 is 1.95 bits per heavy atom. The maximum atomic E-state index is 4.48. The Bertz CT molecular complexity index is 695. The van der Waals surface area contributed by atoms with Gasteiger partial charge in [0, 0.05) is 22.8 Å². The summed E-state index contributed by atoms with van der Waals surface area (Å²) in [4.78, 5) is 4.42. The van der Waals surface area contributed by atoms with Crippen LogP contribution in [0.5, 0.6) is 0 Å². The predicted octanol–water partition coefficient (Wildman–Crippen LogP) is 3.24. The third-order valence-electron chi connectivity index (χ3n) is 3.35. The van der Waals surface area contributed by atoms with Crippen LogP contribution in [-0.4, -0.2) is 15.0 Å². The fraction of sp³-hybridized carbons (Fsp3) is 0.250. The van der Waals surface area contributed by atoms with E-state index in [0.29, 0.717) is 0 Å². The summed E-state index contributed by atoms with van der Waals surface area (Å²) in [6.45, 7) is 5.91. The minimum Gasteiger partial charge on any atom is -0.306 e. The molecule has 2 heterocycles. The normalized spacial score (nSPS) is 11.0. The zero-order chi connectivity index (χ0) is 14.7. The van der Waals surface area contributed by atoms with Crippen molar-refractivity contribution in [3.05, 3.63) is 63.6 Å². The van der Waals surface area contributed by atoms with Crippen LogP contribution in [0.2, 0.25) is 0 Å². The zero-order valence-electron chi connectivity index (χ0n) is 12.2. The van der Waals surface area contributed by atoms with Crippen LogP contribution in [0.3, 0.4) is 0 Å². The number of aryl methyl sites for hydroxylation is 2. The first-order valence-electron chi connectivity index (χ1n) is 6.95. The number of nitrogens with zero attached hydrogens (tertiary/aromatic N) is 3. The Kier molecular flexibility index (Phi) is 4.13. The lowest BCUT2D eigenvalue weighted by molar-refractivity contribution is 0.667. The van der Waals surface area contributed by atoms with Crippen LogP contribution in [-0.2, 0) is 13.1 Å². The Morgan fingerprint density at radius 1 is 1.14 bits per heavy atom. The Morgan fingerprint density at radius 3 is 2.67 bits per heavy atom. The van der Waals surface area contributed by atoms with Gasteiger partial charge in [0.05, 0.1) is 17.6 Å². The number of benzene rings is 1. The molecular weight excluding hydrogens is 280 g/mol. The molecule has 0 atom stereocenters. The summed E-state index contributed by atoms with van der Waals surface area (Å²) < 4.78 is 0. The van der Waals surface area contributed by atoms with E-state index in [1.165, 1.54) is 15.3 Å². The van der Waals surface area contributed by atoms with Crippen molar-refractivity contribution >= 4 is 11.3 Å². The topological polar surface area (TPSA) is 42.7 Å². The number of para-hydroxylation sites is 1. The average molecular weight is 298 g/mol. The highest BCUT2D eigenvalue weighted by molar-refractivity contribution is 7.12. The minimum absolute atomic E-state index is 0.725. The van der Waals surface area contributed by atoms with Gasteiger partial charge in [0.25, 0.3) is 0 Å². The average Bonchev–Trinajstić information content (AvgIpc) is 3.08. The number of rotatable bonds is 5. The molecule has 3 aromatic rings. The molecule has 0 spiro atoms. The van der Waals surface area contributed by atoms with Crippen LogP contribution in [0.1, 0.15) is 21.0 Å². The van der Waals surface area contributed by atoms with Gasteiger partial charge in [0.1, 0.15) is 0 Å². The fourth-order valence-electron chi connectivity index (χ4n) is 2.11. The van der Waals surface area contributed by atoms with Crippen LogP contribution in [0.15, 0.2) is 42.6 Å². The van der Waals surface area contributed by atoms with Gasteiger partial charge < -0.3 is 5.32 Å². The van der Waals surface area contributed by atoms with Crippen LogP contribution in [0, 0.1) is 13.8 Å². The molecule has 5 heteroatoms. The molecule has 108 valence electrons. The van der Waals surface area contributed by atoms with Crippen molar-refractivity contribution in [3.63, 3.8) is 0 Å². The summed E-state index contributed by atoms with van der Waals surface area (Å²) in [5, 5.41) is 12.2. The maximum absolute atomic E-state index is 4.48. The van der Waals surface area contributed by atoms with Crippen molar-refractivity contribution in [2.24, 2.45) is 0 Å². The summed E-state index contributed by atoms with van der Waals surface area (Å²) in [6, 6.07) is 12.2. The number of hydrogen-bond donors (Lipinski definition) is 1. The van der Waals surface area contributed by atoms with Crippen molar-refractivity contribution in [1.29, 1.82) is 0 Å². The molecule has 1 N–H and O–H groups in total. The van der Waals surface area contributed by atoms with Gasteiger partial charge in [-0.3, -0.25) is 0 Å². The fourth-order valence-corrected chi connectivity index (χ4v) is 3.14. The first-order valence-corrected chi connectivity index (χ1v) is 7.77. The van der Waals surface area contributed by atoms with Crippen molar-refractivity contribution in [1.82, 2.24) is 20.3 Å². The van der Waals surface area contributed by atoms with Crippen molar-refractivity contribution in [2.45, 2.75) is 26.9 Å². The molecule has 0 fully saturated rings. The van der Waals surface area contributed by atoms with Gasteiger partial charge in [-0.1, -0.05) is 18.2 Å². The standard InChI is InChI=1S/C16H18N4S/c1-12-8-16(21-13(12)2)11-17-9-14-10-18-20(19-14)15-6-4-3-5-7-15/h3-8,10,17H,9,11H2,1-2H3. The molecule has 0 aliphatic carbocycles. The van der Waals surface area contributed by atoms with Gasteiger partial charge in [-0.15, -0.1) is 11.3 Å². The lowest BCUT2D eigenvalue weighted by Crippen LogP contribution is -2.12. The molecule has 0 saturated heterocycles. The van der Waals surface area contributed by atoms with E-state index in [4.69, 9.17) is 0 Å². The highest BCUT2D eigenvalue weighted by Gasteiger charge is 2.04. The Labute approximate surface area is 128 Å². The minimum atomic E-state index is 0.725. The summed E-state index contributed by atoms with van der Waals surface area (Å²) in [7, 11) is 0. The van der Waals surface area contributed by atoms with Crippen molar-refractivity contribution in [3.8, 4) is 5.69 Å². The van der Waals surface area contributed by atoms with Gasteiger partial charge in [-0.2, -0.15) is 15.0 Å². The van der Waals surface area contributed by atoms with Crippen molar-refractivity contribution < 1.29 is 0 Å². The molecule has 21 heavy (non-hydrogen) atoms. The maximum Gasteiger partial charge on any atom is 0.0969 e. The largest absolute Gasteiger partial charge is 0.306 e. The third kappa shape index (κ3) is 3.37. The van der Waals surface area contributed by atoms with Crippen LogP contribution < -0.4 is 5.32 Å². The smallest absolute Gasteiger partial charge is 0.0969 e. The quantitative estimate of drug-likeness (QED) is 0.786. The number of thiophene rings is 1. The molecule has 0 amide bonds. The van der Waals surface area contributed by atoms with Gasteiger partial charge in [-0.25, -0.2) is 0 Å². The van der Waals surface area contributed by atoms with E-state index >= 15 is 0 Å². The van der Waals surface area contributed by atoms with E-state index in [1.807, 2.05) is 47.9 Å². The Hall–Kier alpha value is -1.98. The predicted molar refractivity (Wildman–Crippen MR) is 85.7 cm³/mol. The molecule has 0 aliphatic rings. The van der Waals surface area contributed by atoms with Gasteiger partial charge >= 0.3 is 0 Å². The van der Waals surface area contributed by atoms with E-state index in [-0.39, 0.29) is 0 Å². The summed E-state index contributed by atoms with van der Waals surface area (Å²) in [5.41, 5.74) is 3.30. The highest BCUT2D eigenvalue weighted by atomic mass is 32.1. The molecular formula is C16H18N4S. The summed E-state index contributed by atoms with van der Waals surface area (Å²) >= 11 is 1.85. The second-order valence-corrected chi connectivity index (χ2v) is 6.36. The van der Waals surface area contributed by atoms with E-state index in [0.717, 1.165) is 24.5 Å². The number of aromatic nitrogens is 3. The molecule has 3 rings (SSSR count). The van der Waals surface area contributed by atoms with E-state index in [1.54, 1.807) is 4.80 Å². The number of hydrogen-bond acceptors (Lipinski definition) is 4. The first-order chi connectivity index (χ1) is 10.2. The lowest BCUT2D eigenvalue weighted by atomic mass is 10.3. The molecule has 2 aromatic heterocycles. The molecule has 1 aromatic carbocycles. The second-order valence-electron chi connectivity index (χ2n) is 5.02. The van der Waals surface area contributed by atoms with Gasteiger partial charge in [0.2, 0.25) is 0 Å². The molecule has 0 bridgehead atoms. The molecule has 0 radical (unpaired) electrons. The summed E-state index contributed by atoms with van der Waals surface area (Å²) in [6.07, 6.45) is 1.81. The SMILES string of the molecule is Cc1cc(CNCc2cnn(-c3ccccc3)n2)sc1C. The second kappa shape index (κ2) is 6.20. The highest BCUT2D eigenvalue weighted by Crippen LogP contribution is 2.20. The van der Waals surface area contributed by atoms with Gasteiger partial charge in [-0.05, 0) is 37.6 Å². The van der Waals surface area contributed by atoms with E-state index in [9.17, 15) is 0 Å². The molecule has 0 unspecified atom stereocenters. The Balaban J connectivity index is 1.58. The zero-order valence-corrected chi connectivity index (χ0v) is 13.0. The van der Waals surface area contributed by atoms with Crippen molar-refractivity contribution in [2.75, 3.05) is 0 Å². The third-order valence-corrected chi connectivity index (χ3v) is 4.50. The number of nitrogens with one attached hydrogen (secondary N) is 1. The van der Waals surface area contributed by atoms with E-state index < -0.39 is 0 Å². The lowest BCUT2D eigenvalue weighted by Gasteiger charge is -2.00. The first kappa shape index (κ1) is 14.0. The molecule has 0 saturated carbocycles. The molecule has 0 aliphatic heterocycles.